The Morgan fingerprint density at radius 1 is 1.33 bits per heavy atom. The number of benzene rings is 1. The molecule has 1 amide bonds. The summed E-state index contributed by atoms with van der Waals surface area (Å²) in [5, 5.41) is 4.15. The highest BCUT2D eigenvalue weighted by Crippen LogP contribution is 2.23. The van der Waals surface area contributed by atoms with Crippen molar-refractivity contribution in [2.75, 3.05) is 20.2 Å². The highest BCUT2D eigenvalue weighted by molar-refractivity contribution is 5.78. The largest absolute Gasteiger partial charge is 0.491 e. The molecule has 0 aliphatic rings. The van der Waals surface area contributed by atoms with Gasteiger partial charge < -0.3 is 9.64 Å². The lowest BCUT2D eigenvalue weighted by atomic mass is 10.1. The molecule has 0 aliphatic heterocycles. The van der Waals surface area contributed by atoms with E-state index in [2.05, 4.69) is 31.9 Å². The van der Waals surface area contributed by atoms with Gasteiger partial charge in [-0.1, -0.05) is 13.0 Å². The molecule has 0 saturated heterocycles. The zero-order chi connectivity index (χ0) is 17.7. The van der Waals surface area contributed by atoms with Crippen LogP contribution in [0.25, 0.3) is 0 Å². The monoisotopic (exact) mass is 329 g/mol. The first-order chi connectivity index (χ1) is 11.4. The lowest BCUT2D eigenvalue weighted by molar-refractivity contribution is -0.134. The lowest BCUT2D eigenvalue weighted by Crippen LogP contribution is -2.36. The highest BCUT2D eigenvalue weighted by Gasteiger charge is 2.18. The summed E-state index contributed by atoms with van der Waals surface area (Å²) in [5.74, 6) is 0.891. The molecule has 5 heteroatoms. The molecule has 0 fully saturated rings. The van der Waals surface area contributed by atoms with Crippen LogP contribution in [0, 0.1) is 26.7 Å². The summed E-state index contributed by atoms with van der Waals surface area (Å²) in [5.41, 5.74) is 3.56. The molecule has 1 atom stereocenters. The van der Waals surface area contributed by atoms with Crippen molar-refractivity contribution >= 4 is 5.91 Å². The molecule has 2 aromatic rings. The molecule has 1 aromatic carbocycles. The van der Waals surface area contributed by atoms with E-state index < -0.39 is 0 Å². The Labute approximate surface area is 144 Å². The van der Waals surface area contributed by atoms with Crippen molar-refractivity contribution in [3.05, 3.63) is 47.3 Å². The molecule has 0 spiro atoms. The van der Waals surface area contributed by atoms with Crippen LogP contribution in [0.4, 0.5) is 0 Å². The molecule has 2 rings (SSSR count). The number of hydrogen-bond acceptors (Lipinski definition) is 3. The van der Waals surface area contributed by atoms with E-state index in [-0.39, 0.29) is 11.8 Å². The van der Waals surface area contributed by atoms with Gasteiger partial charge in [0.25, 0.3) is 0 Å². The smallest absolute Gasteiger partial charge is 0.227 e. The van der Waals surface area contributed by atoms with Crippen molar-refractivity contribution in [2.45, 2.75) is 34.2 Å². The normalized spacial score (nSPS) is 12.0. The van der Waals surface area contributed by atoms with Gasteiger partial charge in [0.1, 0.15) is 12.4 Å². The van der Waals surface area contributed by atoms with Gasteiger partial charge in [0.2, 0.25) is 5.91 Å². The minimum absolute atomic E-state index is 0.103. The Morgan fingerprint density at radius 3 is 2.75 bits per heavy atom. The molecular formula is C19H27N3O2. The van der Waals surface area contributed by atoms with Gasteiger partial charge in [0, 0.05) is 19.4 Å². The van der Waals surface area contributed by atoms with Gasteiger partial charge in [-0.2, -0.15) is 5.10 Å². The van der Waals surface area contributed by atoms with Gasteiger partial charge in [-0.05, 0) is 49.6 Å². The van der Waals surface area contributed by atoms with Crippen LogP contribution in [0.2, 0.25) is 0 Å². The fourth-order valence-electron chi connectivity index (χ4n) is 2.70. The summed E-state index contributed by atoms with van der Waals surface area (Å²) >= 11 is 0. The van der Waals surface area contributed by atoms with E-state index in [0.29, 0.717) is 19.7 Å². The molecule has 5 nitrogen and oxygen atoms in total. The number of carbonyl (C=O) groups is 1. The van der Waals surface area contributed by atoms with Gasteiger partial charge in [-0.15, -0.1) is 0 Å². The predicted octanol–water partition coefficient (Wildman–Crippen LogP) is 2.98. The summed E-state index contributed by atoms with van der Waals surface area (Å²) in [7, 11) is 1.82. The van der Waals surface area contributed by atoms with Crippen LogP contribution in [0.5, 0.6) is 5.75 Å². The second kappa shape index (κ2) is 7.99. The summed E-state index contributed by atoms with van der Waals surface area (Å²) in [6, 6.07) is 6.06. The Hall–Kier alpha value is -2.30. The quantitative estimate of drug-likeness (QED) is 0.784. The Balaban J connectivity index is 1.84. The molecule has 0 bridgehead atoms. The third-order valence-electron chi connectivity index (χ3n) is 4.27. The van der Waals surface area contributed by atoms with Crippen LogP contribution >= 0.6 is 0 Å². The molecule has 0 aliphatic carbocycles. The average molecular weight is 329 g/mol. The Kier molecular flexibility index (Phi) is 6.01. The third-order valence-corrected chi connectivity index (χ3v) is 4.27. The van der Waals surface area contributed by atoms with Crippen molar-refractivity contribution in [1.82, 2.24) is 14.7 Å². The fraction of sp³-hybridized carbons (Fsp3) is 0.474. The van der Waals surface area contributed by atoms with Gasteiger partial charge in [0.15, 0.2) is 0 Å². The molecule has 0 radical (unpaired) electrons. The number of ether oxygens (including phenoxy) is 1. The molecule has 130 valence electrons. The molecule has 24 heavy (non-hydrogen) atoms. The molecule has 0 saturated carbocycles. The Bertz CT molecular complexity index is 680. The van der Waals surface area contributed by atoms with E-state index in [1.165, 1.54) is 11.1 Å². The van der Waals surface area contributed by atoms with Crippen molar-refractivity contribution in [3.8, 4) is 5.75 Å². The molecule has 0 N–H and O–H groups in total. The lowest BCUT2D eigenvalue weighted by Gasteiger charge is -2.22. The van der Waals surface area contributed by atoms with Crippen LogP contribution < -0.4 is 4.74 Å². The van der Waals surface area contributed by atoms with Crippen molar-refractivity contribution in [3.63, 3.8) is 0 Å². The van der Waals surface area contributed by atoms with Crippen LogP contribution in [-0.4, -0.2) is 40.8 Å². The van der Waals surface area contributed by atoms with Crippen molar-refractivity contribution in [1.29, 1.82) is 0 Å². The fourth-order valence-corrected chi connectivity index (χ4v) is 2.70. The number of nitrogens with zero attached hydrogens (tertiary/aromatic N) is 3. The summed E-state index contributed by atoms with van der Waals surface area (Å²) < 4.78 is 7.68. The van der Waals surface area contributed by atoms with Crippen LogP contribution in [0.1, 0.15) is 23.6 Å². The summed E-state index contributed by atoms with van der Waals surface area (Å²) in [6.45, 7) is 9.77. The van der Waals surface area contributed by atoms with E-state index in [0.717, 1.165) is 11.3 Å². The number of aryl methyl sites for hydroxylation is 2. The first kappa shape index (κ1) is 18.0. The van der Waals surface area contributed by atoms with Gasteiger partial charge in [-0.3, -0.25) is 9.48 Å². The predicted molar refractivity (Wildman–Crippen MR) is 95.2 cm³/mol. The second-order valence-electron chi connectivity index (χ2n) is 6.44. The van der Waals surface area contributed by atoms with E-state index in [9.17, 15) is 4.79 Å². The molecular weight excluding hydrogens is 302 g/mol. The Morgan fingerprint density at radius 2 is 2.08 bits per heavy atom. The van der Waals surface area contributed by atoms with Crippen molar-refractivity contribution in [2.24, 2.45) is 5.92 Å². The van der Waals surface area contributed by atoms with Gasteiger partial charge >= 0.3 is 0 Å². The maximum absolute atomic E-state index is 12.4. The minimum Gasteiger partial charge on any atom is -0.491 e. The molecule has 1 unspecified atom stereocenters. The number of rotatable bonds is 7. The molecule has 1 heterocycles. The van der Waals surface area contributed by atoms with E-state index in [4.69, 9.17) is 4.74 Å². The van der Waals surface area contributed by atoms with Gasteiger partial charge in [-0.25, -0.2) is 0 Å². The van der Waals surface area contributed by atoms with E-state index >= 15 is 0 Å². The standard InChI is InChI=1S/C19H27N3O2/c1-14-11-15(2)17(4)18(12-14)24-10-9-21(5)19(23)16(3)13-22-8-6-7-20-22/h6-8,11-12,16H,9-10,13H2,1-5H3. The average Bonchev–Trinajstić information content (AvgIpc) is 3.03. The number of likely N-dealkylation sites (N-methyl/N-ethyl adjacent to an activating group) is 1. The zero-order valence-corrected chi connectivity index (χ0v) is 15.2. The number of hydrogen-bond donors (Lipinski definition) is 0. The van der Waals surface area contributed by atoms with E-state index in [1.54, 1.807) is 15.8 Å². The van der Waals surface area contributed by atoms with E-state index in [1.807, 2.05) is 32.3 Å². The first-order valence-corrected chi connectivity index (χ1v) is 8.31. The topological polar surface area (TPSA) is 47.4 Å². The number of aromatic nitrogens is 2. The number of carbonyl (C=O) groups excluding carboxylic acids is 1. The van der Waals surface area contributed by atoms with Crippen LogP contribution in [0.3, 0.4) is 0 Å². The zero-order valence-electron chi connectivity index (χ0n) is 15.2. The summed E-state index contributed by atoms with van der Waals surface area (Å²) in [6.07, 6.45) is 3.59. The third kappa shape index (κ3) is 4.60. The maximum atomic E-state index is 12.4. The number of amides is 1. The maximum Gasteiger partial charge on any atom is 0.227 e. The first-order valence-electron chi connectivity index (χ1n) is 8.31. The second-order valence-corrected chi connectivity index (χ2v) is 6.44. The SMILES string of the molecule is Cc1cc(C)c(C)c(OCCN(C)C(=O)C(C)Cn2cccn2)c1. The molecule has 1 aromatic heterocycles. The summed E-state index contributed by atoms with van der Waals surface area (Å²) in [4.78, 5) is 14.1. The van der Waals surface area contributed by atoms with Crippen LogP contribution in [-0.2, 0) is 11.3 Å². The van der Waals surface area contributed by atoms with Crippen molar-refractivity contribution < 1.29 is 9.53 Å². The van der Waals surface area contributed by atoms with Gasteiger partial charge in [0.05, 0.1) is 19.0 Å². The van der Waals surface area contributed by atoms with Crippen LogP contribution in [0.15, 0.2) is 30.6 Å². The minimum atomic E-state index is -0.113. The highest BCUT2D eigenvalue weighted by atomic mass is 16.5.